The molecular weight excluding hydrogens is 366 g/mol. The van der Waals surface area contributed by atoms with Crippen molar-refractivity contribution in [1.82, 2.24) is 19.8 Å². The van der Waals surface area contributed by atoms with Gasteiger partial charge in [-0.3, -0.25) is 14.4 Å². The Labute approximate surface area is 157 Å². The lowest BCUT2D eigenvalue weighted by Gasteiger charge is -2.17. The fourth-order valence-corrected chi connectivity index (χ4v) is 3.27. The molecule has 0 aliphatic carbocycles. The van der Waals surface area contributed by atoms with Crippen LogP contribution in [0.2, 0.25) is 0 Å². The van der Waals surface area contributed by atoms with E-state index in [2.05, 4.69) is 19.8 Å². The Morgan fingerprint density at radius 3 is 2.63 bits per heavy atom. The summed E-state index contributed by atoms with van der Waals surface area (Å²) in [5, 5.41) is 11.0. The van der Waals surface area contributed by atoms with Crippen molar-refractivity contribution in [1.29, 1.82) is 0 Å². The first-order valence-corrected chi connectivity index (χ1v) is 8.76. The van der Waals surface area contributed by atoms with Crippen LogP contribution in [0.4, 0.5) is 5.69 Å². The molecule has 2 aromatic carbocycles. The van der Waals surface area contributed by atoms with Crippen molar-refractivity contribution in [2.75, 3.05) is 5.06 Å². The zero-order chi connectivity index (χ0) is 18.6. The molecule has 0 unspecified atom stereocenters. The van der Waals surface area contributed by atoms with Crippen LogP contribution in [0.1, 0.15) is 5.56 Å². The van der Waals surface area contributed by atoms with Crippen LogP contribution in [0.3, 0.4) is 0 Å². The lowest BCUT2D eigenvalue weighted by molar-refractivity contribution is -0.114. The van der Waals surface area contributed by atoms with Crippen molar-refractivity contribution in [2.45, 2.75) is 6.61 Å². The van der Waals surface area contributed by atoms with E-state index in [-0.39, 0.29) is 12.2 Å². The minimum absolute atomic E-state index is 0.274. The summed E-state index contributed by atoms with van der Waals surface area (Å²) in [5.41, 5.74) is 3.00. The van der Waals surface area contributed by atoms with Crippen molar-refractivity contribution >= 4 is 33.8 Å². The summed E-state index contributed by atoms with van der Waals surface area (Å²) in [4.78, 5) is 28.7. The number of hydrogen-bond donors (Lipinski definition) is 1. The summed E-state index contributed by atoms with van der Waals surface area (Å²) >= 11 is 1.07. The molecule has 0 bridgehead atoms. The second kappa shape index (κ2) is 7.44. The van der Waals surface area contributed by atoms with E-state index in [0.717, 1.165) is 22.7 Å². The van der Waals surface area contributed by atoms with Gasteiger partial charge in [0.15, 0.2) is 0 Å². The van der Waals surface area contributed by atoms with E-state index in [1.807, 2.05) is 30.3 Å². The van der Waals surface area contributed by atoms with Gasteiger partial charge in [-0.1, -0.05) is 47.7 Å². The van der Waals surface area contributed by atoms with Crippen molar-refractivity contribution in [3.05, 3.63) is 70.5 Å². The van der Waals surface area contributed by atoms with Crippen molar-refractivity contribution < 1.29 is 9.63 Å². The van der Waals surface area contributed by atoms with Crippen LogP contribution < -0.4 is 10.6 Å². The van der Waals surface area contributed by atoms with Crippen LogP contribution in [0, 0.1) is 0 Å². The zero-order valence-corrected chi connectivity index (χ0v) is 14.7. The maximum Gasteiger partial charge on any atom is 0.286 e. The maximum atomic E-state index is 11.7. The Hall–Kier alpha value is -3.43. The molecule has 8 nitrogen and oxygen atoms in total. The molecule has 1 amide bonds. The van der Waals surface area contributed by atoms with E-state index in [4.69, 9.17) is 4.84 Å². The molecule has 2 heterocycles. The van der Waals surface area contributed by atoms with E-state index in [0.29, 0.717) is 28.0 Å². The zero-order valence-electron chi connectivity index (χ0n) is 13.9. The minimum atomic E-state index is -0.318. The molecule has 0 saturated heterocycles. The number of H-pyrrole nitrogens is 1. The molecule has 0 fully saturated rings. The first-order valence-electron chi connectivity index (χ1n) is 7.99. The van der Waals surface area contributed by atoms with Gasteiger partial charge in [0.2, 0.25) is 6.41 Å². The molecule has 4 rings (SSSR count). The SMILES string of the molecule is O=CN(OCc1ccccc1)c1ccc(-c2nsc3c(=O)[nH]nnc23)cc1. The highest BCUT2D eigenvalue weighted by Crippen LogP contribution is 2.28. The van der Waals surface area contributed by atoms with Crippen LogP contribution in [0.15, 0.2) is 59.4 Å². The number of carbonyl (C=O) groups is 1. The van der Waals surface area contributed by atoms with Gasteiger partial charge in [0.25, 0.3) is 5.56 Å². The molecule has 1 N–H and O–H groups in total. The molecule has 0 saturated carbocycles. The van der Waals surface area contributed by atoms with Gasteiger partial charge in [0, 0.05) is 5.56 Å². The number of hydroxylamine groups is 1. The van der Waals surface area contributed by atoms with Crippen molar-refractivity contribution in [3.63, 3.8) is 0 Å². The number of hydrogen-bond acceptors (Lipinski definition) is 7. The second-order valence-corrected chi connectivity index (χ2v) is 6.36. The molecule has 0 spiro atoms. The predicted octanol–water partition coefficient (Wildman–Crippen LogP) is 2.54. The topological polar surface area (TPSA) is 101 Å². The molecule has 4 aromatic rings. The summed E-state index contributed by atoms with van der Waals surface area (Å²) in [6, 6.07) is 16.6. The Balaban J connectivity index is 1.56. The fraction of sp³-hybridized carbons (Fsp3) is 0.0556. The summed E-state index contributed by atoms with van der Waals surface area (Å²) in [6.45, 7) is 0.274. The molecular formula is C18H13N5O3S. The van der Waals surface area contributed by atoms with Gasteiger partial charge in [0.1, 0.15) is 22.5 Å². The molecule has 0 aliphatic rings. The third kappa shape index (κ3) is 3.46. The summed E-state index contributed by atoms with van der Waals surface area (Å²) in [6.07, 6.45) is 0.612. The van der Waals surface area contributed by atoms with Crippen LogP contribution in [0.25, 0.3) is 21.5 Å². The maximum absolute atomic E-state index is 11.7. The van der Waals surface area contributed by atoms with Crippen molar-refractivity contribution in [3.8, 4) is 11.3 Å². The fourth-order valence-electron chi connectivity index (χ4n) is 2.54. The molecule has 2 aromatic heterocycles. The van der Waals surface area contributed by atoms with Gasteiger partial charge in [0.05, 0.1) is 5.69 Å². The number of anilines is 1. The number of benzene rings is 2. The Bertz CT molecular complexity index is 1130. The number of amides is 1. The number of aromatic amines is 1. The van der Waals surface area contributed by atoms with E-state index in [1.54, 1.807) is 24.3 Å². The highest BCUT2D eigenvalue weighted by Gasteiger charge is 2.14. The van der Waals surface area contributed by atoms with Crippen LogP contribution in [-0.2, 0) is 16.2 Å². The van der Waals surface area contributed by atoms with Gasteiger partial charge in [-0.15, -0.1) is 5.10 Å². The third-order valence-corrected chi connectivity index (χ3v) is 4.71. The monoisotopic (exact) mass is 379 g/mol. The van der Waals surface area contributed by atoms with Crippen LogP contribution in [0.5, 0.6) is 0 Å². The number of rotatable bonds is 6. The first kappa shape index (κ1) is 17.0. The third-order valence-electron chi connectivity index (χ3n) is 3.88. The average molecular weight is 379 g/mol. The van der Waals surface area contributed by atoms with Gasteiger partial charge in [-0.2, -0.15) is 9.44 Å². The van der Waals surface area contributed by atoms with Gasteiger partial charge >= 0.3 is 0 Å². The predicted molar refractivity (Wildman–Crippen MR) is 101 cm³/mol. The largest absolute Gasteiger partial charge is 0.286 e. The van der Waals surface area contributed by atoms with Gasteiger partial charge in [-0.25, -0.2) is 5.10 Å². The van der Waals surface area contributed by atoms with Gasteiger partial charge < -0.3 is 0 Å². The standard InChI is InChI=1S/C18H13N5O3S/c24-11-23(26-10-12-4-2-1-3-5-12)14-8-6-13(7-9-14)15-16-17(27-21-15)18(25)20-22-19-16/h1-9,11H,10H2,(H,19,20,25). The average Bonchev–Trinajstić information content (AvgIpc) is 3.15. The second-order valence-electron chi connectivity index (χ2n) is 5.59. The lowest BCUT2D eigenvalue weighted by Crippen LogP contribution is -2.21. The number of nitrogens with zero attached hydrogens (tertiary/aromatic N) is 4. The molecule has 9 heteroatoms. The van der Waals surface area contributed by atoms with E-state index >= 15 is 0 Å². The molecule has 0 radical (unpaired) electrons. The highest BCUT2D eigenvalue weighted by molar-refractivity contribution is 7.13. The van der Waals surface area contributed by atoms with E-state index in [1.165, 1.54) is 5.06 Å². The first-order chi connectivity index (χ1) is 13.3. The molecule has 0 atom stereocenters. The molecule has 0 aliphatic heterocycles. The lowest BCUT2D eigenvalue weighted by atomic mass is 10.1. The Morgan fingerprint density at radius 2 is 1.89 bits per heavy atom. The highest BCUT2D eigenvalue weighted by atomic mass is 32.1. The van der Waals surface area contributed by atoms with Crippen LogP contribution in [-0.4, -0.2) is 26.2 Å². The Morgan fingerprint density at radius 1 is 1.11 bits per heavy atom. The normalized spacial score (nSPS) is 10.8. The quantitative estimate of drug-likeness (QED) is 0.408. The van der Waals surface area contributed by atoms with Crippen LogP contribution >= 0.6 is 11.5 Å². The van der Waals surface area contributed by atoms with E-state index < -0.39 is 0 Å². The molecule has 134 valence electrons. The van der Waals surface area contributed by atoms with Gasteiger partial charge in [-0.05, 0) is 29.2 Å². The number of aromatic nitrogens is 4. The summed E-state index contributed by atoms with van der Waals surface area (Å²) in [7, 11) is 0. The number of carbonyl (C=O) groups excluding carboxylic acids is 1. The summed E-state index contributed by atoms with van der Waals surface area (Å²) < 4.78 is 4.72. The minimum Gasteiger partial charge on any atom is -0.276 e. The Kier molecular flexibility index (Phi) is 4.69. The molecule has 27 heavy (non-hydrogen) atoms. The smallest absolute Gasteiger partial charge is 0.276 e. The number of fused-ring (bicyclic) bond motifs is 1. The van der Waals surface area contributed by atoms with E-state index in [9.17, 15) is 9.59 Å². The number of nitrogens with one attached hydrogen (secondary N) is 1. The van der Waals surface area contributed by atoms with Crippen molar-refractivity contribution in [2.24, 2.45) is 0 Å². The summed E-state index contributed by atoms with van der Waals surface area (Å²) in [5.74, 6) is 0.